The van der Waals surface area contributed by atoms with E-state index in [4.69, 9.17) is 9.94 Å². The highest BCUT2D eigenvalue weighted by Gasteiger charge is 2.16. The van der Waals surface area contributed by atoms with Gasteiger partial charge in [0.25, 0.3) is 0 Å². The van der Waals surface area contributed by atoms with Crippen LogP contribution in [0.25, 0.3) is 0 Å². The largest absolute Gasteiger partial charge is 0.411 e. The molecule has 1 rings (SSSR count). The Hall–Kier alpha value is -1.56. The molecular weight excluding hydrogens is 206 g/mol. The first-order valence-corrected chi connectivity index (χ1v) is 4.29. The fourth-order valence-electron chi connectivity index (χ4n) is 1.07. The Morgan fingerprint density at radius 1 is 1.67 bits per heavy atom. The Bertz CT molecular complexity index is 358. The third kappa shape index (κ3) is 2.95. The molecule has 1 atom stereocenters. The summed E-state index contributed by atoms with van der Waals surface area (Å²) in [5.41, 5.74) is -0.115. The van der Waals surface area contributed by atoms with Crippen molar-refractivity contribution >= 4 is 6.21 Å². The van der Waals surface area contributed by atoms with Gasteiger partial charge in [-0.05, 0) is 6.92 Å². The lowest BCUT2D eigenvalue weighted by Gasteiger charge is -2.11. The van der Waals surface area contributed by atoms with E-state index >= 15 is 0 Å². The third-order valence-corrected chi connectivity index (χ3v) is 1.65. The average molecular weight is 216 g/mol. The highest BCUT2D eigenvalue weighted by Crippen LogP contribution is 2.17. The first-order valence-electron chi connectivity index (χ1n) is 4.29. The lowest BCUT2D eigenvalue weighted by atomic mass is 10.2. The van der Waals surface area contributed by atoms with Gasteiger partial charge >= 0.3 is 0 Å². The maximum absolute atomic E-state index is 13.2. The van der Waals surface area contributed by atoms with E-state index in [1.165, 1.54) is 0 Å². The van der Waals surface area contributed by atoms with Crippen LogP contribution in [0.4, 0.5) is 8.78 Å². The summed E-state index contributed by atoms with van der Waals surface area (Å²) in [6.45, 7) is 1.98. The molecule has 0 aromatic carbocycles. The van der Waals surface area contributed by atoms with Crippen molar-refractivity contribution in [3.63, 3.8) is 0 Å². The van der Waals surface area contributed by atoms with Gasteiger partial charge in [-0.1, -0.05) is 5.16 Å². The summed E-state index contributed by atoms with van der Waals surface area (Å²) in [6, 6.07) is 0.694. The summed E-state index contributed by atoms with van der Waals surface area (Å²) in [4.78, 5) is 3.54. The summed E-state index contributed by atoms with van der Waals surface area (Å²) in [6.07, 6.45) is 0.934. The SMILES string of the molecule is CCOC(C=NO)c1ncc(F)cc1F. The average Bonchev–Trinajstić information content (AvgIpc) is 2.17. The van der Waals surface area contributed by atoms with Crippen LogP contribution in [0.5, 0.6) is 0 Å². The van der Waals surface area contributed by atoms with E-state index in [0.29, 0.717) is 6.07 Å². The standard InChI is InChI=1S/C9H10F2N2O2/c1-2-15-8(5-13-14)9-7(11)3-6(10)4-12-9/h3-5,8,14H,2H2,1H3. The molecule has 4 nitrogen and oxygen atoms in total. The monoisotopic (exact) mass is 216 g/mol. The number of ether oxygens (including phenoxy) is 1. The molecule has 15 heavy (non-hydrogen) atoms. The van der Waals surface area contributed by atoms with Crippen LogP contribution in [-0.4, -0.2) is 23.0 Å². The molecule has 1 heterocycles. The van der Waals surface area contributed by atoms with Gasteiger partial charge in [0.1, 0.15) is 17.6 Å². The molecule has 1 aromatic rings. The predicted octanol–water partition coefficient (Wildman–Crippen LogP) is 1.90. The first kappa shape index (κ1) is 11.5. The van der Waals surface area contributed by atoms with Gasteiger partial charge in [0.2, 0.25) is 0 Å². The van der Waals surface area contributed by atoms with Crippen LogP contribution < -0.4 is 0 Å². The molecule has 0 aliphatic heterocycles. The molecule has 1 N–H and O–H groups in total. The fourth-order valence-corrected chi connectivity index (χ4v) is 1.07. The zero-order valence-electron chi connectivity index (χ0n) is 8.02. The Morgan fingerprint density at radius 2 is 2.40 bits per heavy atom. The van der Waals surface area contributed by atoms with Crippen LogP contribution in [0.15, 0.2) is 17.4 Å². The number of nitrogens with zero attached hydrogens (tertiary/aromatic N) is 2. The Kier molecular flexibility index (Phi) is 4.11. The molecule has 0 fully saturated rings. The van der Waals surface area contributed by atoms with Gasteiger partial charge in [0.05, 0.1) is 12.4 Å². The van der Waals surface area contributed by atoms with Gasteiger partial charge in [-0.15, -0.1) is 0 Å². The van der Waals surface area contributed by atoms with Crippen LogP contribution >= 0.6 is 0 Å². The summed E-state index contributed by atoms with van der Waals surface area (Å²) >= 11 is 0. The van der Waals surface area contributed by atoms with Crippen LogP contribution in [0.2, 0.25) is 0 Å². The van der Waals surface area contributed by atoms with Crippen molar-refractivity contribution in [3.8, 4) is 0 Å². The van der Waals surface area contributed by atoms with Gasteiger partial charge in [-0.25, -0.2) is 8.78 Å². The van der Waals surface area contributed by atoms with Crippen molar-refractivity contribution in [1.82, 2.24) is 4.98 Å². The highest BCUT2D eigenvalue weighted by molar-refractivity contribution is 5.64. The van der Waals surface area contributed by atoms with Gasteiger partial charge in [0, 0.05) is 12.7 Å². The van der Waals surface area contributed by atoms with Crippen molar-refractivity contribution in [2.24, 2.45) is 5.16 Å². The lowest BCUT2D eigenvalue weighted by Crippen LogP contribution is -2.10. The number of hydrogen-bond donors (Lipinski definition) is 1. The smallest absolute Gasteiger partial charge is 0.150 e. The van der Waals surface area contributed by atoms with Crippen LogP contribution in [-0.2, 0) is 4.74 Å². The van der Waals surface area contributed by atoms with Crippen molar-refractivity contribution in [3.05, 3.63) is 29.6 Å². The van der Waals surface area contributed by atoms with Gasteiger partial charge < -0.3 is 9.94 Å². The molecule has 1 aromatic heterocycles. The number of pyridine rings is 1. The molecule has 0 aliphatic rings. The molecule has 0 spiro atoms. The Labute approximate surface area is 85.2 Å². The number of halogens is 2. The van der Waals surface area contributed by atoms with E-state index in [2.05, 4.69) is 10.1 Å². The molecule has 0 saturated carbocycles. The van der Waals surface area contributed by atoms with E-state index in [1.807, 2.05) is 0 Å². The zero-order chi connectivity index (χ0) is 11.3. The minimum atomic E-state index is -0.916. The molecule has 0 saturated heterocycles. The number of hydrogen-bond acceptors (Lipinski definition) is 4. The summed E-state index contributed by atoms with van der Waals surface area (Å²) < 4.78 is 30.8. The molecular formula is C9H10F2N2O2. The zero-order valence-corrected chi connectivity index (χ0v) is 8.02. The van der Waals surface area contributed by atoms with Crippen molar-refractivity contribution in [2.75, 3.05) is 6.61 Å². The third-order valence-electron chi connectivity index (χ3n) is 1.65. The van der Waals surface area contributed by atoms with Crippen molar-refractivity contribution in [1.29, 1.82) is 0 Å². The molecule has 6 heteroatoms. The van der Waals surface area contributed by atoms with E-state index in [1.54, 1.807) is 6.92 Å². The van der Waals surface area contributed by atoms with Crippen molar-refractivity contribution < 1.29 is 18.7 Å². The quantitative estimate of drug-likeness (QED) is 0.475. The van der Waals surface area contributed by atoms with Crippen LogP contribution in [0, 0.1) is 11.6 Å². The summed E-state index contributed by atoms with van der Waals surface area (Å²) in [7, 11) is 0. The summed E-state index contributed by atoms with van der Waals surface area (Å²) in [5.74, 6) is -1.61. The lowest BCUT2D eigenvalue weighted by molar-refractivity contribution is 0.105. The molecule has 1 unspecified atom stereocenters. The molecule has 0 radical (unpaired) electrons. The number of rotatable bonds is 4. The Morgan fingerprint density at radius 3 is 2.93 bits per heavy atom. The number of aromatic nitrogens is 1. The van der Waals surface area contributed by atoms with Crippen molar-refractivity contribution in [2.45, 2.75) is 13.0 Å². The summed E-state index contributed by atoms with van der Waals surface area (Å²) in [5, 5.41) is 11.1. The van der Waals surface area contributed by atoms with E-state index < -0.39 is 17.7 Å². The van der Waals surface area contributed by atoms with Crippen LogP contribution in [0.3, 0.4) is 0 Å². The van der Waals surface area contributed by atoms with Gasteiger partial charge in [-0.2, -0.15) is 0 Å². The Balaban J connectivity index is 2.99. The maximum Gasteiger partial charge on any atom is 0.150 e. The van der Waals surface area contributed by atoms with Crippen LogP contribution in [0.1, 0.15) is 18.7 Å². The second-order valence-electron chi connectivity index (χ2n) is 2.66. The highest BCUT2D eigenvalue weighted by atomic mass is 19.1. The van der Waals surface area contributed by atoms with Gasteiger partial charge in [0.15, 0.2) is 5.82 Å². The van der Waals surface area contributed by atoms with E-state index in [0.717, 1.165) is 12.4 Å². The fraction of sp³-hybridized carbons (Fsp3) is 0.333. The molecule has 82 valence electrons. The number of oxime groups is 1. The molecule has 0 amide bonds. The van der Waals surface area contributed by atoms with E-state index in [9.17, 15) is 8.78 Å². The minimum Gasteiger partial charge on any atom is -0.411 e. The molecule has 0 bridgehead atoms. The maximum atomic E-state index is 13.2. The second kappa shape index (κ2) is 5.35. The first-order chi connectivity index (χ1) is 7.19. The second-order valence-corrected chi connectivity index (χ2v) is 2.66. The van der Waals surface area contributed by atoms with E-state index in [-0.39, 0.29) is 12.3 Å². The van der Waals surface area contributed by atoms with Gasteiger partial charge in [-0.3, -0.25) is 4.98 Å². The minimum absolute atomic E-state index is 0.115. The topological polar surface area (TPSA) is 54.7 Å². The normalized spacial score (nSPS) is 13.3. The predicted molar refractivity (Wildman–Crippen MR) is 48.8 cm³/mol. The molecule has 0 aliphatic carbocycles.